The van der Waals surface area contributed by atoms with Crippen LogP contribution < -0.4 is 0 Å². The van der Waals surface area contributed by atoms with Gasteiger partial charge in [0.05, 0.1) is 10.6 Å². The molecule has 2 nitrogen and oxygen atoms in total. The van der Waals surface area contributed by atoms with Crippen LogP contribution in [0.4, 0.5) is 0 Å². The van der Waals surface area contributed by atoms with Crippen molar-refractivity contribution in [2.45, 2.75) is 24.7 Å². The van der Waals surface area contributed by atoms with Crippen molar-refractivity contribution < 1.29 is 8.42 Å². The molecule has 0 saturated carbocycles. The lowest BCUT2D eigenvalue weighted by atomic mass is 10.1. The topological polar surface area (TPSA) is 34.1 Å². The van der Waals surface area contributed by atoms with Crippen LogP contribution in [0.5, 0.6) is 0 Å². The van der Waals surface area contributed by atoms with Crippen LogP contribution in [-0.2, 0) is 16.3 Å². The summed E-state index contributed by atoms with van der Waals surface area (Å²) in [4.78, 5) is 0.337. The molecule has 0 radical (unpaired) electrons. The van der Waals surface area contributed by atoms with Gasteiger partial charge >= 0.3 is 0 Å². The van der Waals surface area contributed by atoms with Crippen molar-refractivity contribution in [3.8, 4) is 0 Å². The van der Waals surface area contributed by atoms with Crippen LogP contribution in [0, 0.1) is 6.92 Å². The van der Waals surface area contributed by atoms with Gasteiger partial charge < -0.3 is 0 Å². The summed E-state index contributed by atoms with van der Waals surface area (Å²) < 4.78 is 25.8. The summed E-state index contributed by atoms with van der Waals surface area (Å²) in [5.74, 6) is 0.126. The third-order valence-corrected chi connectivity index (χ3v) is 6.16. The Bertz CT molecular complexity index is 742. The third kappa shape index (κ3) is 4.31. The highest BCUT2D eigenvalue weighted by Crippen LogP contribution is 2.24. The van der Waals surface area contributed by atoms with Crippen LogP contribution in [-0.4, -0.2) is 14.2 Å². The maximum Gasteiger partial charge on any atom is 0.178 e. The molecule has 5 heteroatoms. The largest absolute Gasteiger partial charge is 0.224 e. The van der Waals surface area contributed by atoms with Crippen molar-refractivity contribution >= 4 is 37.4 Å². The van der Waals surface area contributed by atoms with Crippen molar-refractivity contribution in [3.05, 3.63) is 63.1 Å². The Kier molecular flexibility index (Phi) is 5.47. The van der Waals surface area contributed by atoms with E-state index < -0.39 is 9.84 Å². The van der Waals surface area contributed by atoms with E-state index in [1.54, 1.807) is 25.1 Å². The minimum Gasteiger partial charge on any atom is -0.224 e. The minimum absolute atomic E-state index is 0.126. The predicted octanol–water partition coefficient (Wildman–Crippen LogP) is 4.82. The Morgan fingerprint density at radius 3 is 2.57 bits per heavy atom. The first kappa shape index (κ1) is 16.5. The average molecular weight is 388 g/mol. The Labute approximate surface area is 139 Å². The van der Waals surface area contributed by atoms with Crippen LogP contribution in [0.3, 0.4) is 0 Å². The maximum absolute atomic E-state index is 12.4. The van der Waals surface area contributed by atoms with Crippen molar-refractivity contribution in [1.82, 2.24) is 0 Å². The Morgan fingerprint density at radius 1 is 1.14 bits per heavy atom. The van der Waals surface area contributed by atoms with Gasteiger partial charge in [0.1, 0.15) is 0 Å². The molecule has 0 aliphatic heterocycles. The molecular weight excluding hydrogens is 372 g/mol. The normalized spacial score (nSPS) is 11.6. The van der Waals surface area contributed by atoms with Gasteiger partial charge in [0.2, 0.25) is 0 Å². The van der Waals surface area contributed by atoms with Gasteiger partial charge in [0.25, 0.3) is 0 Å². The molecule has 0 atom stereocenters. The minimum atomic E-state index is -3.29. The number of halogens is 2. The molecule has 0 bridgehead atoms. The van der Waals surface area contributed by atoms with Crippen LogP contribution in [0.15, 0.2) is 51.8 Å². The van der Waals surface area contributed by atoms with E-state index in [-0.39, 0.29) is 5.75 Å². The van der Waals surface area contributed by atoms with E-state index in [1.807, 2.05) is 24.3 Å². The zero-order chi connectivity index (χ0) is 15.5. The smallest absolute Gasteiger partial charge is 0.178 e. The lowest BCUT2D eigenvalue weighted by molar-refractivity contribution is 0.592. The Balaban J connectivity index is 2.07. The molecule has 0 unspecified atom stereocenters. The molecule has 2 rings (SSSR count). The Morgan fingerprint density at radius 2 is 1.86 bits per heavy atom. The highest BCUT2D eigenvalue weighted by Gasteiger charge is 2.17. The van der Waals surface area contributed by atoms with Gasteiger partial charge in [-0.1, -0.05) is 45.7 Å². The second-order valence-corrected chi connectivity index (χ2v) is 8.32. The highest BCUT2D eigenvalue weighted by atomic mass is 79.9. The number of benzene rings is 2. The molecule has 2 aromatic carbocycles. The summed E-state index contributed by atoms with van der Waals surface area (Å²) in [6, 6.07) is 12.9. The molecule has 0 N–H and O–H groups in total. The molecule has 0 amide bonds. The summed E-state index contributed by atoms with van der Waals surface area (Å²) in [6.45, 7) is 1.74. The van der Waals surface area contributed by atoms with Gasteiger partial charge in [-0.05, 0) is 55.2 Å². The van der Waals surface area contributed by atoms with E-state index >= 15 is 0 Å². The predicted molar refractivity (Wildman–Crippen MR) is 90.7 cm³/mol. The van der Waals surface area contributed by atoms with E-state index in [0.717, 1.165) is 16.5 Å². The fraction of sp³-hybridized carbons (Fsp3) is 0.250. The number of sulfone groups is 1. The summed E-state index contributed by atoms with van der Waals surface area (Å²) in [5.41, 5.74) is 1.75. The number of hydrogen-bond acceptors (Lipinski definition) is 2. The van der Waals surface area contributed by atoms with Crippen molar-refractivity contribution in [3.63, 3.8) is 0 Å². The zero-order valence-corrected chi connectivity index (χ0v) is 14.8. The molecule has 2 aromatic rings. The molecule has 0 aliphatic carbocycles. The summed E-state index contributed by atoms with van der Waals surface area (Å²) in [7, 11) is -3.29. The van der Waals surface area contributed by atoms with E-state index in [0.29, 0.717) is 21.9 Å². The molecule has 0 aliphatic rings. The number of aryl methyl sites for hydroxylation is 1. The fourth-order valence-corrected chi connectivity index (χ4v) is 4.48. The molecule has 21 heavy (non-hydrogen) atoms. The molecular formula is C16H16BrClO2S. The lowest BCUT2D eigenvalue weighted by Crippen LogP contribution is -2.09. The fourth-order valence-electron chi connectivity index (χ4n) is 2.19. The van der Waals surface area contributed by atoms with E-state index in [2.05, 4.69) is 15.9 Å². The van der Waals surface area contributed by atoms with Crippen LogP contribution in [0.1, 0.15) is 17.5 Å². The average Bonchev–Trinajstić information content (AvgIpc) is 2.41. The van der Waals surface area contributed by atoms with Crippen molar-refractivity contribution in [1.29, 1.82) is 0 Å². The quantitative estimate of drug-likeness (QED) is 0.737. The number of rotatable bonds is 5. The third-order valence-electron chi connectivity index (χ3n) is 3.32. The molecule has 0 fully saturated rings. The van der Waals surface area contributed by atoms with Gasteiger partial charge in [0, 0.05) is 9.50 Å². The first-order chi connectivity index (χ1) is 9.90. The van der Waals surface area contributed by atoms with Crippen molar-refractivity contribution in [2.24, 2.45) is 0 Å². The van der Waals surface area contributed by atoms with Gasteiger partial charge in [-0.2, -0.15) is 0 Å². The first-order valence-corrected chi connectivity index (χ1v) is 9.45. The van der Waals surface area contributed by atoms with Gasteiger partial charge in [-0.15, -0.1) is 0 Å². The van der Waals surface area contributed by atoms with Gasteiger partial charge in [-0.25, -0.2) is 8.42 Å². The van der Waals surface area contributed by atoms with E-state index in [1.165, 1.54) is 0 Å². The molecule has 0 heterocycles. The maximum atomic E-state index is 12.4. The summed E-state index contributed by atoms with van der Waals surface area (Å²) in [6.07, 6.45) is 1.32. The lowest BCUT2D eigenvalue weighted by Gasteiger charge is -2.09. The second-order valence-electron chi connectivity index (χ2n) is 4.92. The van der Waals surface area contributed by atoms with Gasteiger partial charge in [0.15, 0.2) is 9.84 Å². The van der Waals surface area contributed by atoms with Gasteiger partial charge in [-0.3, -0.25) is 0 Å². The van der Waals surface area contributed by atoms with Crippen LogP contribution >= 0.6 is 27.5 Å². The second kappa shape index (κ2) is 6.95. The first-order valence-electron chi connectivity index (χ1n) is 6.62. The van der Waals surface area contributed by atoms with Crippen LogP contribution in [0.25, 0.3) is 0 Å². The summed E-state index contributed by atoms with van der Waals surface area (Å²) >= 11 is 9.41. The van der Waals surface area contributed by atoms with E-state index in [4.69, 9.17) is 11.6 Å². The van der Waals surface area contributed by atoms with Crippen LogP contribution in [0.2, 0.25) is 5.02 Å². The SMILES string of the molecule is Cc1c(Cl)cccc1S(=O)(=O)CCCc1cccc(Br)c1. The standard InChI is InChI=1S/C16H16BrClO2S/c1-12-15(18)8-3-9-16(12)21(19,20)10-4-6-13-5-2-7-14(17)11-13/h2-3,5,7-9,11H,4,6,10H2,1H3. The van der Waals surface area contributed by atoms with E-state index in [9.17, 15) is 8.42 Å². The number of hydrogen-bond donors (Lipinski definition) is 0. The Hall–Kier alpha value is -0.840. The molecule has 0 saturated heterocycles. The van der Waals surface area contributed by atoms with Crippen molar-refractivity contribution in [2.75, 3.05) is 5.75 Å². The molecule has 0 aromatic heterocycles. The molecule has 112 valence electrons. The monoisotopic (exact) mass is 386 g/mol. The highest BCUT2D eigenvalue weighted by molar-refractivity contribution is 9.10. The zero-order valence-electron chi connectivity index (χ0n) is 11.6. The molecule has 0 spiro atoms. The summed E-state index contributed by atoms with van der Waals surface area (Å²) in [5, 5.41) is 0.489.